The van der Waals surface area contributed by atoms with Crippen molar-refractivity contribution in [3.05, 3.63) is 43.8 Å². The fraction of sp³-hybridized carbons (Fsp3) is 0.429. The third-order valence-corrected chi connectivity index (χ3v) is 4.36. The van der Waals surface area contributed by atoms with Crippen molar-refractivity contribution in [1.82, 2.24) is 4.90 Å². The van der Waals surface area contributed by atoms with E-state index >= 15 is 0 Å². The molecule has 1 aliphatic rings. The number of carbonyl (C=O) groups excluding carboxylic acids is 1. The summed E-state index contributed by atoms with van der Waals surface area (Å²) in [7, 11) is 0. The van der Waals surface area contributed by atoms with Crippen LogP contribution in [0.1, 0.15) is 12.0 Å². The minimum atomic E-state index is -1.02. The van der Waals surface area contributed by atoms with Crippen LogP contribution in [0.5, 0.6) is 0 Å². The van der Waals surface area contributed by atoms with Crippen molar-refractivity contribution in [1.29, 1.82) is 0 Å². The van der Waals surface area contributed by atoms with Gasteiger partial charge in [-0.2, -0.15) is 0 Å². The highest BCUT2D eigenvalue weighted by Gasteiger charge is 2.37. The van der Waals surface area contributed by atoms with E-state index in [1.165, 1.54) is 4.90 Å². The SMILES string of the molecule is [N-]=[N+]=NCC1CC(=O)N(C(Cc2ccc(I)cc2)C(=O)O)C1. The maximum absolute atomic E-state index is 12.1. The summed E-state index contributed by atoms with van der Waals surface area (Å²) < 4.78 is 1.07. The average molecular weight is 414 g/mol. The summed E-state index contributed by atoms with van der Waals surface area (Å²) in [5.74, 6) is -1.32. The Morgan fingerprint density at radius 1 is 1.50 bits per heavy atom. The van der Waals surface area contributed by atoms with Gasteiger partial charge in [-0.1, -0.05) is 17.2 Å². The van der Waals surface area contributed by atoms with Gasteiger partial charge in [0.15, 0.2) is 0 Å². The lowest BCUT2D eigenvalue weighted by Gasteiger charge is -2.24. The van der Waals surface area contributed by atoms with Gasteiger partial charge in [-0.15, -0.1) is 0 Å². The molecule has 0 bridgehead atoms. The number of hydrogen-bond acceptors (Lipinski definition) is 3. The summed E-state index contributed by atoms with van der Waals surface area (Å²) in [5, 5.41) is 12.9. The summed E-state index contributed by atoms with van der Waals surface area (Å²) in [5.41, 5.74) is 9.21. The molecule has 0 saturated carbocycles. The van der Waals surface area contributed by atoms with E-state index in [1.807, 2.05) is 24.3 Å². The van der Waals surface area contributed by atoms with Gasteiger partial charge in [-0.25, -0.2) is 4.79 Å². The van der Waals surface area contributed by atoms with E-state index in [9.17, 15) is 14.7 Å². The van der Waals surface area contributed by atoms with Crippen LogP contribution in [0.2, 0.25) is 0 Å². The lowest BCUT2D eigenvalue weighted by atomic mass is 10.0. The molecule has 0 radical (unpaired) electrons. The summed E-state index contributed by atoms with van der Waals surface area (Å²) in [6.07, 6.45) is 0.502. The van der Waals surface area contributed by atoms with Crippen LogP contribution in [0.3, 0.4) is 0 Å². The van der Waals surface area contributed by atoms with E-state index in [4.69, 9.17) is 5.53 Å². The first kappa shape index (κ1) is 16.6. The zero-order valence-electron chi connectivity index (χ0n) is 11.7. The fourth-order valence-electron chi connectivity index (χ4n) is 2.56. The molecule has 2 atom stereocenters. The molecule has 22 heavy (non-hydrogen) atoms. The van der Waals surface area contributed by atoms with Gasteiger partial charge in [0.2, 0.25) is 5.91 Å². The van der Waals surface area contributed by atoms with Crippen molar-refractivity contribution in [3.8, 4) is 0 Å². The Morgan fingerprint density at radius 2 is 2.18 bits per heavy atom. The quantitative estimate of drug-likeness (QED) is 0.335. The molecule has 8 heteroatoms. The number of halogens is 1. The number of nitrogens with zero attached hydrogens (tertiary/aromatic N) is 4. The molecule has 2 unspecified atom stereocenters. The number of aliphatic carboxylic acids is 1. The molecule has 1 fully saturated rings. The van der Waals surface area contributed by atoms with Crippen LogP contribution in [0.4, 0.5) is 0 Å². The molecule has 1 heterocycles. The molecular formula is C14H15IN4O3. The largest absolute Gasteiger partial charge is 0.480 e. The molecule has 7 nitrogen and oxygen atoms in total. The standard InChI is InChI=1S/C14H15IN4O3/c15-11-3-1-9(2-4-11)5-12(14(21)22)19-8-10(6-13(19)20)7-17-18-16/h1-4,10,12H,5-8H2,(H,21,22). The Hall–Kier alpha value is -1.80. The van der Waals surface area contributed by atoms with Crippen molar-refractivity contribution in [3.63, 3.8) is 0 Å². The highest BCUT2D eigenvalue weighted by Crippen LogP contribution is 2.23. The van der Waals surface area contributed by atoms with E-state index in [-0.39, 0.29) is 31.2 Å². The van der Waals surface area contributed by atoms with E-state index in [0.717, 1.165) is 9.13 Å². The first-order valence-corrected chi connectivity index (χ1v) is 7.86. The predicted octanol–water partition coefficient (Wildman–Crippen LogP) is 2.45. The Morgan fingerprint density at radius 3 is 2.77 bits per heavy atom. The highest BCUT2D eigenvalue weighted by atomic mass is 127. The Kier molecular flexibility index (Phi) is 5.62. The van der Waals surface area contributed by atoms with Crippen LogP contribution in [0.25, 0.3) is 10.4 Å². The third kappa shape index (κ3) is 4.11. The first-order valence-electron chi connectivity index (χ1n) is 6.79. The number of azide groups is 1. The minimum Gasteiger partial charge on any atom is -0.480 e. The van der Waals surface area contributed by atoms with E-state index < -0.39 is 12.0 Å². The van der Waals surface area contributed by atoms with E-state index in [2.05, 4.69) is 32.6 Å². The second kappa shape index (κ2) is 7.46. The average Bonchev–Trinajstić information content (AvgIpc) is 2.85. The normalized spacial score (nSPS) is 18.9. The molecule has 1 amide bonds. The molecule has 116 valence electrons. The lowest BCUT2D eigenvalue weighted by Crippen LogP contribution is -2.43. The van der Waals surface area contributed by atoms with E-state index in [1.54, 1.807) is 0 Å². The zero-order valence-corrected chi connectivity index (χ0v) is 13.9. The van der Waals surface area contributed by atoms with Crippen molar-refractivity contribution in [2.45, 2.75) is 18.9 Å². The zero-order chi connectivity index (χ0) is 16.1. The molecule has 0 aromatic heterocycles. The highest BCUT2D eigenvalue weighted by molar-refractivity contribution is 14.1. The maximum Gasteiger partial charge on any atom is 0.326 e. The van der Waals surface area contributed by atoms with Crippen LogP contribution in [-0.4, -0.2) is 41.0 Å². The Labute approximate surface area is 141 Å². The lowest BCUT2D eigenvalue weighted by molar-refractivity contribution is -0.148. The second-order valence-corrected chi connectivity index (χ2v) is 6.46. The minimum absolute atomic E-state index is 0.109. The van der Waals surface area contributed by atoms with Gasteiger partial charge in [-0.3, -0.25) is 4.79 Å². The topological polar surface area (TPSA) is 106 Å². The Balaban J connectivity index is 2.10. The second-order valence-electron chi connectivity index (χ2n) is 5.21. The van der Waals surface area contributed by atoms with Crippen LogP contribution in [0.15, 0.2) is 29.4 Å². The number of likely N-dealkylation sites (tertiary alicyclic amines) is 1. The summed E-state index contributed by atoms with van der Waals surface area (Å²) >= 11 is 2.18. The number of carboxylic acid groups (broad SMARTS) is 1. The van der Waals surface area contributed by atoms with Crippen LogP contribution >= 0.6 is 22.6 Å². The monoisotopic (exact) mass is 414 g/mol. The van der Waals surface area contributed by atoms with Crippen molar-refractivity contribution >= 4 is 34.5 Å². The molecular weight excluding hydrogens is 399 g/mol. The Bertz CT molecular complexity index is 613. The van der Waals surface area contributed by atoms with Gasteiger partial charge in [-0.05, 0) is 51.7 Å². The van der Waals surface area contributed by atoms with Crippen LogP contribution in [-0.2, 0) is 16.0 Å². The van der Waals surface area contributed by atoms with Crippen molar-refractivity contribution < 1.29 is 14.7 Å². The van der Waals surface area contributed by atoms with Gasteiger partial charge in [0.1, 0.15) is 6.04 Å². The molecule has 2 rings (SSSR count). The van der Waals surface area contributed by atoms with Crippen LogP contribution in [0, 0.1) is 9.49 Å². The van der Waals surface area contributed by atoms with Gasteiger partial charge in [0.25, 0.3) is 0 Å². The fourth-order valence-corrected chi connectivity index (χ4v) is 2.92. The number of benzene rings is 1. The number of carbonyl (C=O) groups is 2. The van der Waals surface area contributed by atoms with Crippen LogP contribution < -0.4 is 0 Å². The maximum atomic E-state index is 12.1. The van der Waals surface area contributed by atoms with Gasteiger partial charge in [0.05, 0.1) is 0 Å². The number of hydrogen-bond donors (Lipinski definition) is 1. The van der Waals surface area contributed by atoms with Crippen molar-refractivity contribution in [2.75, 3.05) is 13.1 Å². The number of rotatable bonds is 6. The van der Waals surface area contributed by atoms with Gasteiger partial charge < -0.3 is 10.0 Å². The summed E-state index contributed by atoms with van der Waals surface area (Å²) in [6.45, 7) is 0.536. The smallest absolute Gasteiger partial charge is 0.326 e. The van der Waals surface area contributed by atoms with Gasteiger partial charge in [0, 0.05) is 34.4 Å². The molecule has 1 N–H and O–H groups in total. The van der Waals surface area contributed by atoms with Crippen molar-refractivity contribution in [2.24, 2.45) is 11.0 Å². The summed E-state index contributed by atoms with van der Waals surface area (Å²) in [6, 6.07) is 6.67. The molecule has 1 saturated heterocycles. The molecule has 1 aliphatic heterocycles. The number of amides is 1. The third-order valence-electron chi connectivity index (χ3n) is 3.65. The summed E-state index contributed by atoms with van der Waals surface area (Å²) in [4.78, 5) is 27.7. The molecule has 1 aromatic carbocycles. The number of carboxylic acids is 1. The molecule has 1 aromatic rings. The first-order chi connectivity index (χ1) is 10.5. The molecule has 0 aliphatic carbocycles. The predicted molar refractivity (Wildman–Crippen MR) is 88.1 cm³/mol. The molecule has 0 spiro atoms. The van der Waals surface area contributed by atoms with E-state index in [0.29, 0.717) is 6.54 Å². The van der Waals surface area contributed by atoms with Gasteiger partial charge >= 0.3 is 5.97 Å².